The third kappa shape index (κ3) is 4.31. The lowest BCUT2D eigenvalue weighted by Gasteiger charge is -2.25. The van der Waals surface area contributed by atoms with E-state index < -0.39 is 0 Å². The van der Waals surface area contributed by atoms with E-state index in [-0.39, 0.29) is 17.9 Å². The molecule has 1 amide bonds. The molecule has 6 heteroatoms. The van der Waals surface area contributed by atoms with Crippen molar-refractivity contribution in [1.82, 2.24) is 14.7 Å². The number of aromatic nitrogens is 2. The van der Waals surface area contributed by atoms with Crippen LogP contribution in [0.2, 0.25) is 0 Å². The lowest BCUT2D eigenvalue weighted by atomic mass is 9.85. The van der Waals surface area contributed by atoms with Gasteiger partial charge in [0.2, 0.25) is 5.91 Å². The van der Waals surface area contributed by atoms with Crippen molar-refractivity contribution in [1.29, 1.82) is 0 Å². The largest absolute Gasteiger partial charge is 0.328 e. The highest BCUT2D eigenvalue weighted by atomic mass is 16.2. The predicted molar refractivity (Wildman–Crippen MR) is 79.3 cm³/mol. The standard InChI is InChI=1S/C14H25N5O/c1-18(2)8-9-19-7-6-13(17-19)16-14(20)11-4-3-5-12(15)10-11/h6-7,11-12H,3-5,8-10,15H2,1-2H3,(H,16,17,20). The normalized spacial score (nSPS) is 23.0. The van der Waals surface area contributed by atoms with Gasteiger partial charge in [-0.05, 0) is 33.4 Å². The minimum absolute atomic E-state index is 0.0330. The number of likely N-dealkylation sites (N-methyl/N-ethyl adjacent to an activating group) is 1. The fraction of sp³-hybridized carbons (Fsp3) is 0.714. The second-order valence-corrected chi connectivity index (χ2v) is 5.88. The molecule has 1 aromatic rings. The van der Waals surface area contributed by atoms with Gasteiger partial charge >= 0.3 is 0 Å². The number of carbonyl (C=O) groups excluding carboxylic acids is 1. The number of hydrogen-bond acceptors (Lipinski definition) is 4. The summed E-state index contributed by atoms with van der Waals surface area (Å²) in [6, 6.07) is 2.01. The van der Waals surface area contributed by atoms with Crippen molar-refractivity contribution in [2.75, 3.05) is 26.0 Å². The van der Waals surface area contributed by atoms with E-state index in [0.29, 0.717) is 5.82 Å². The third-order valence-electron chi connectivity index (χ3n) is 3.75. The molecule has 1 aliphatic carbocycles. The molecule has 3 N–H and O–H groups in total. The molecule has 112 valence electrons. The Morgan fingerprint density at radius 2 is 2.35 bits per heavy atom. The van der Waals surface area contributed by atoms with Gasteiger partial charge in [-0.15, -0.1) is 0 Å². The monoisotopic (exact) mass is 279 g/mol. The van der Waals surface area contributed by atoms with Crippen LogP contribution in [0.3, 0.4) is 0 Å². The van der Waals surface area contributed by atoms with Crippen LogP contribution < -0.4 is 11.1 Å². The number of hydrogen-bond donors (Lipinski definition) is 2. The van der Waals surface area contributed by atoms with Crippen molar-refractivity contribution >= 4 is 11.7 Å². The van der Waals surface area contributed by atoms with Crippen LogP contribution in [0.15, 0.2) is 12.3 Å². The van der Waals surface area contributed by atoms with Crippen LogP contribution in [0.4, 0.5) is 5.82 Å². The number of anilines is 1. The van der Waals surface area contributed by atoms with E-state index in [1.807, 2.05) is 31.0 Å². The van der Waals surface area contributed by atoms with Gasteiger partial charge in [-0.3, -0.25) is 9.48 Å². The highest BCUT2D eigenvalue weighted by Crippen LogP contribution is 2.24. The summed E-state index contributed by atoms with van der Waals surface area (Å²) in [5, 5.41) is 7.26. The number of amides is 1. The van der Waals surface area contributed by atoms with Crippen molar-refractivity contribution in [2.45, 2.75) is 38.3 Å². The van der Waals surface area contributed by atoms with E-state index in [1.54, 1.807) is 0 Å². The summed E-state index contributed by atoms with van der Waals surface area (Å²) in [5.41, 5.74) is 5.92. The van der Waals surface area contributed by atoms with Crippen molar-refractivity contribution < 1.29 is 4.79 Å². The molecule has 20 heavy (non-hydrogen) atoms. The number of nitrogens with two attached hydrogens (primary N) is 1. The van der Waals surface area contributed by atoms with Crippen LogP contribution in [0.1, 0.15) is 25.7 Å². The highest BCUT2D eigenvalue weighted by molar-refractivity contribution is 5.91. The molecule has 1 aliphatic rings. The number of rotatable bonds is 5. The van der Waals surface area contributed by atoms with Crippen molar-refractivity contribution in [3.8, 4) is 0 Å². The zero-order valence-electron chi connectivity index (χ0n) is 12.4. The summed E-state index contributed by atoms with van der Waals surface area (Å²) in [6.07, 6.45) is 5.68. The Balaban J connectivity index is 1.84. The molecule has 0 aliphatic heterocycles. The molecule has 0 aromatic carbocycles. The average molecular weight is 279 g/mol. The van der Waals surface area contributed by atoms with Gasteiger partial charge in [0.25, 0.3) is 0 Å². The van der Waals surface area contributed by atoms with Crippen LogP contribution in [0, 0.1) is 5.92 Å². The van der Waals surface area contributed by atoms with Gasteiger partial charge in [0, 0.05) is 30.8 Å². The Kier molecular flexibility index (Phi) is 5.14. The van der Waals surface area contributed by atoms with Crippen LogP contribution in [0.5, 0.6) is 0 Å². The molecule has 2 unspecified atom stereocenters. The molecule has 1 fully saturated rings. The maximum atomic E-state index is 12.2. The zero-order chi connectivity index (χ0) is 14.5. The topological polar surface area (TPSA) is 76.2 Å². The first-order valence-corrected chi connectivity index (χ1v) is 7.29. The Hall–Kier alpha value is -1.40. The molecule has 0 spiro atoms. The smallest absolute Gasteiger partial charge is 0.228 e. The summed E-state index contributed by atoms with van der Waals surface area (Å²) in [4.78, 5) is 14.3. The van der Waals surface area contributed by atoms with E-state index in [9.17, 15) is 4.79 Å². The third-order valence-corrected chi connectivity index (χ3v) is 3.75. The fourth-order valence-electron chi connectivity index (χ4n) is 2.55. The van der Waals surface area contributed by atoms with Gasteiger partial charge in [0.1, 0.15) is 0 Å². The van der Waals surface area contributed by atoms with Gasteiger partial charge in [0.05, 0.1) is 6.54 Å². The quantitative estimate of drug-likeness (QED) is 0.839. The fourth-order valence-corrected chi connectivity index (χ4v) is 2.55. The molecule has 2 rings (SSSR count). The minimum Gasteiger partial charge on any atom is -0.328 e. The Morgan fingerprint density at radius 3 is 3.05 bits per heavy atom. The first-order valence-electron chi connectivity index (χ1n) is 7.29. The number of nitrogens with one attached hydrogen (secondary N) is 1. The summed E-state index contributed by atoms with van der Waals surface area (Å²) >= 11 is 0. The van der Waals surface area contributed by atoms with Crippen molar-refractivity contribution in [2.24, 2.45) is 11.7 Å². The van der Waals surface area contributed by atoms with Gasteiger partial charge in [-0.2, -0.15) is 5.10 Å². The SMILES string of the molecule is CN(C)CCn1ccc(NC(=O)C2CCCC(N)C2)n1. The second-order valence-electron chi connectivity index (χ2n) is 5.88. The van der Waals surface area contributed by atoms with E-state index >= 15 is 0 Å². The lowest BCUT2D eigenvalue weighted by Crippen LogP contribution is -2.34. The molecular formula is C14H25N5O. The summed E-state index contributed by atoms with van der Waals surface area (Å²) < 4.78 is 1.85. The molecule has 2 atom stereocenters. The van der Waals surface area contributed by atoms with E-state index in [4.69, 9.17) is 5.73 Å². The zero-order valence-corrected chi connectivity index (χ0v) is 12.4. The molecule has 0 saturated heterocycles. The Labute approximate surface area is 120 Å². The molecule has 1 saturated carbocycles. The second kappa shape index (κ2) is 6.85. The minimum atomic E-state index is 0.0330. The van der Waals surface area contributed by atoms with Gasteiger partial charge < -0.3 is 16.0 Å². The first-order chi connectivity index (χ1) is 9.54. The van der Waals surface area contributed by atoms with Gasteiger partial charge in [-0.1, -0.05) is 6.42 Å². The molecular weight excluding hydrogens is 254 g/mol. The molecule has 0 radical (unpaired) electrons. The molecule has 1 heterocycles. The summed E-state index contributed by atoms with van der Waals surface area (Å²) in [7, 11) is 4.05. The molecule has 6 nitrogen and oxygen atoms in total. The number of nitrogens with zero attached hydrogens (tertiary/aromatic N) is 3. The van der Waals surface area contributed by atoms with Crippen LogP contribution in [-0.4, -0.2) is 47.3 Å². The maximum Gasteiger partial charge on any atom is 0.228 e. The molecule has 1 aromatic heterocycles. The van der Waals surface area contributed by atoms with Gasteiger partial charge in [-0.25, -0.2) is 0 Å². The number of carbonyl (C=O) groups is 1. The first kappa shape index (κ1) is 15.0. The van der Waals surface area contributed by atoms with Crippen LogP contribution in [-0.2, 0) is 11.3 Å². The molecule has 0 bridgehead atoms. The van der Waals surface area contributed by atoms with Crippen LogP contribution >= 0.6 is 0 Å². The average Bonchev–Trinajstić information content (AvgIpc) is 2.84. The summed E-state index contributed by atoms with van der Waals surface area (Å²) in [5.74, 6) is 0.719. The lowest BCUT2D eigenvalue weighted by molar-refractivity contribution is -0.120. The van der Waals surface area contributed by atoms with Crippen LogP contribution in [0.25, 0.3) is 0 Å². The Morgan fingerprint density at radius 1 is 1.55 bits per heavy atom. The van der Waals surface area contributed by atoms with E-state index in [0.717, 1.165) is 38.8 Å². The van der Waals surface area contributed by atoms with Gasteiger partial charge in [0.15, 0.2) is 5.82 Å². The highest BCUT2D eigenvalue weighted by Gasteiger charge is 2.25. The summed E-state index contributed by atoms with van der Waals surface area (Å²) in [6.45, 7) is 1.74. The maximum absolute atomic E-state index is 12.2. The van der Waals surface area contributed by atoms with E-state index in [2.05, 4.69) is 15.3 Å². The van der Waals surface area contributed by atoms with Crippen molar-refractivity contribution in [3.05, 3.63) is 12.3 Å². The van der Waals surface area contributed by atoms with Crippen molar-refractivity contribution in [3.63, 3.8) is 0 Å². The predicted octanol–water partition coefficient (Wildman–Crippen LogP) is 0.901. The Bertz CT molecular complexity index is 443. The van der Waals surface area contributed by atoms with E-state index in [1.165, 1.54) is 0 Å².